The molecule has 1 rings (SSSR count). The first kappa shape index (κ1) is 15.1. The lowest BCUT2D eigenvalue weighted by Gasteiger charge is -2.09. The number of ether oxygens (including phenoxy) is 1. The van der Waals surface area contributed by atoms with Crippen molar-refractivity contribution in [3.05, 3.63) is 29.8 Å². The molecule has 0 aromatic heterocycles. The number of hydrogen-bond donors (Lipinski definition) is 2. The number of aliphatic hydroxyl groups excluding tert-OH is 1. The summed E-state index contributed by atoms with van der Waals surface area (Å²) in [4.78, 5) is 10.8. The summed E-state index contributed by atoms with van der Waals surface area (Å²) in [6.07, 6.45) is 3.03. The molecule has 0 radical (unpaired) electrons. The molecule has 0 aliphatic heterocycles. The highest BCUT2D eigenvalue weighted by atomic mass is 32.1. The SMILES string of the molecule is CC(=O)Oc1cccc(CCCC(O)CCS)c1. The molecule has 18 heavy (non-hydrogen) atoms. The molecular weight excluding hydrogens is 248 g/mol. The molecule has 0 spiro atoms. The van der Waals surface area contributed by atoms with Gasteiger partial charge in [-0.2, -0.15) is 12.6 Å². The molecule has 3 nitrogen and oxygen atoms in total. The Kier molecular flexibility index (Phi) is 6.83. The van der Waals surface area contributed by atoms with E-state index in [1.807, 2.05) is 18.2 Å². The van der Waals surface area contributed by atoms with E-state index in [4.69, 9.17) is 4.74 Å². The van der Waals surface area contributed by atoms with Gasteiger partial charge in [-0.1, -0.05) is 12.1 Å². The Bertz CT molecular complexity index is 379. The normalized spacial score (nSPS) is 12.2. The number of aryl methyl sites for hydroxylation is 1. The van der Waals surface area contributed by atoms with Gasteiger partial charge in [0.1, 0.15) is 5.75 Å². The van der Waals surface area contributed by atoms with Crippen LogP contribution < -0.4 is 4.74 Å². The van der Waals surface area contributed by atoms with Crippen LogP contribution in [0.25, 0.3) is 0 Å². The lowest BCUT2D eigenvalue weighted by Crippen LogP contribution is -2.07. The third-order valence-electron chi connectivity index (χ3n) is 2.63. The third kappa shape index (κ3) is 6.07. The van der Waals surface area contributed by atoms with E-state index in [1.165, 1.54) is 6.92 Å². The van der Waals surface area contributed by atoms with E-state index in [1.54, 1.807) is 6.07 Å². The van der Waals surface area contributed by atoms with Gasteiger partial charge in [-0.05, 0) is 49.1 Å². The maximum atomic E-state index is 10.8. The number of aliphatic hydroxyl groups is 1. The Hall–Kier alpha value is -1.00. The number of carbonyl (C=O) groups is 1. The van der Waals surface area contributed by atoms with E-state index < -0.39 is 0 Å². The zero-order valence-electron chi connectivity index (χ0n) is 10.6. The van der Waals surface area contributed by atoms with Crippen molar-refractivity contribution in [3.8, 4) is 5.75 Å². The topological polar surface area (TPSA) is 46.5 Å². The average Bonchev–Trinajstić information content (AvgIpc) is 2.29. The Balaban J connectivity index is 2.40. The first-order chi connectivity index (χ1) is 8.61. The first-order valence-electron chi connectivity index (χ1n) is 6.18. The molecule has 1 aromatic carbocycles. The number of thiol groups is 1. The van der Waals surface area contributed by atoms with Gasteiger partial charge < -0.3 is 9.84 Å². The van der Waals surface area contributed by atoms with E-state index in [-0.39, 0.29) is 12.1 Å². The Labute approximate surface area is 114 Å². The van der Waals surface area contributed by atoms with Crippen LogP contribution >= 0.6 is 12.6 Å². The summed E-state index contributed by atoms with van der Waals surface area (Å²) < 4.78 is 5.02. The fourth-order valence-electron chi connectivity index (χ4n) is 1.77. The quantitative estimate of drug-likeness (QED) is 0.454. The number of benzene rings is 1. The molecule has 4 heteroatoms. The van der Waals surface area contributed by atoms with Crippen molar-refractivity contribution in [3.63, 3.8) is 0 Å². The molecule has 0 aliphatic rings. The molecule has 1 aromatic rings. The number of rotatable bonds is 7. The summed E-state index contributed by atoms with van der Waals surface area (Å²) >= 11 is 4.09. The molecule has 1 atom stereocenters. The van der Waals surface area contributed by atoms with Crippen LogP contribution in [0.1, 0.15) is 31.7 Å². The monoisotopic (exact) mass is 268 g/mol. The van der Waals surface area contributed by atoms with Crippen LogP contribution in [0.15, 0.2) is 24.3 Å². The highest BCUT2D eigenvalue weighted by Crippen LogP contribution is 2.16. The van der Waals surface area contributed by atoms with Gasteiger partial charge in [0.15, 0.2) is 0 Å². The summed E-state index contributed by atoms with van der Waals surface area (Å²) in [6, 6.07) is 7.50. The molecule has 0 heterocycles. The molecule has 0 saturated heterocycles. The Morgan fingerprint density at radius 3 is 2.89 bits per heavy atom. The summed E-state index contributed by atoms with van der Waals surface area (Å²) in [6.45, 7) is 1.39. The molecule has 0 saturated carbocycles. The van der Waals surface area contributed by atoms with Gasteiger partial charge in [0.2, 0.25) is 0 Å². The van der Waals surface area contributed by atoms with Crippen molar-refractivity contribution >= 4 is 18.6 Å². The second-order valence-corrected chi connectivity index (χ2v) is 4.75. The molecule has 1 unspecified atom stereocenters. The van der Waals surface area contributed by atoms with Crippen LogP contribution in [0.3, 0.4) is 0 Å². The number of carbonyl (C=O) groups excluding carboxylic acids is 1. The van der Waals surface area contributed by atoms with Crippen molar-refractivity contribution < 1.29 is 14.6 Å². The van der Waals surface area contributed by atoms with Gasteiger partial charge in [0, 0.05) is 6.92 Å². The Morgan fingerprint density at radius 1 is 1.44 bits per heavy atom. The first-order valence-corrected chi connectivity index (χ1v) is 6.81. The molecule has 0 fully saturated rings. The fraction of sp³-hybridized carbons (Fsp3) is 0.500. The molecule has 0 aliphatic carbocycles. The third-order valence-corrected chi connectivity index (χ3v) is 2.88. The summed E-state index contributed by atoms with van der Waals surface area (Å²) in [5.41, 5.74) is 1.12. The van der Waals surface area contributed by atoms with Crippen molar-refractivity contribution in [2.24, 2.45) is 0 Å². The highest BCUT2D eigenvalue weighted by Gasteiger charge is 2.04. The minimum absolute atomic E-state index is 0.265. The summed E-state index contributed by atoms with van der Waals surface area (Å²) in [7, 11) is 0. The van der Waals surface area contributed by atoms with Crippen LogP contribution in [-0.4, -0.2) is 22.9 Å². The van der Waals surface area contributed by atoms with Crippen molar-refractivity contribution in [2.45, 2.75) is 38.7 Å². The predicted octanol–water partition coefficient (Wildman–Crippen LogP) is 2.62. The van der Waals surface area contributed by atoms with Gasteiger partial charge in [-0.25, -0.2) is 0 Å². The van der Waals surface area contributed by atoms with Crippen LogP contribution in [0.5, 0.6) is 5.75 Å². The molecular formula is C14H20O3S. The van der Waals surface area contributed by atoms with E-state index >= 15 is 0 Å². The van der Waals surface area contributed by atoms with E-state index in [0.717, 1.165) is 31.2 Å². The lowest BCUT2D eigenvalue weighted by atomic mass is 10.0. The lowest BCUT2D eigenvalue weighted by molar-refractivity contribution is -0.131. The minimum atomic E-state index is -0.309. The maximum absolute atomic E-state index is 10.8. The van der Waals surface area contributed by atoms with Crippen molar-refractivity contribution in [1.29, 1.82) is 0 Å². The molecule has 100 valence electrons. The zero-order valence-corrected chi connectivity index (χ0v) is 11.5. The van der Waals surface area contributed by atoms with Gasteiger partial charge in [-0.3, -0.25) is 4.79 Å². The average molecular weight is 268 g/mol. The van der Waals surface area contributed by atoms with Crippen molar-refractivity contribution in [2.75, 3.05) is 5.75 Å². The zero-order chi connectivity index (χ0) is 13.4. The van der Waals surface area contributed by atoms with Crippen LogP contribution in [0.4, 0.5) is 0 Å². The van der Waals surface area contributed by atoms with E-state index in [2.05, 4.69) is 12.6 Å². The minimum Gasteiger partial charge on any atom is -0.427 e. The van der Waals surface area contributed by atoms with E-state index in [0.29, 0.717) is 11.5 Å². The van der Waals surface area contributed by atoms with E-state index in [9.17, 15) is 9.90 Å². The van der Waals surface area contributed by atoms with Crippen LogP contribution in [-0.2, 0) is 11.2 Å². The standard InChI is InChI=1S/C14H20O3S/c1-11(15)17-14-7-3-5-12(10-14)4-2-6-13(16)8-9-18/h3,5,7,10,13,16,18H,2,4,6,8-9H2,1H3. The fourth-order valence-corrected chi connectivity index (χ4v) is 2.06. The largest absolute Gasteiger partial charge is 0.427 e. The maximum Gasteiger partial charge on any atom is 0.308 e. The second kappa shape index (κ2) is 8.16. The molecule has 1 N–H and O–H groups in total. The second-order valence-electron chi connectivity index (χ2n) is 4.30. The summed E-state index contributed by atoms with van der Waals surface area (Å²) in [5.74, 6) is 0.982. The molecule has 0 amide bonds. The highest BCUT2D eigenvalue weighted by molar-refractivity contribution is 7.80. The van der Waals surface area contributed by atoms with Gasteiger partial charge in [0.05, 0.1) is 6.10 Å². The number of esters is 1. The van der Waals surface area contributed by atoms with Gasteiger partial charge in [-0.15, -0.1) is 0 Å². The van der Waals surface area contributed by atoms with Gasteiger partial charge in [0.25, 0.3) is 0 Å². The van der Waals surface area contributed by atoms with Crippen LogP contribution in [0.2, 0.25) is 0 Å². The van der Waals surface area contributed by atoms with Crippen molar-refractivity contribution in [1.82, 2.24) is 0 Å². The molecule has 0 bridgehead atoms. The predicted molar refractivity (Wildman–Crippen MR) is 75.2 cm³/mol. The van der Waals surface area contributed by atoms with Crippen LogP contribution in [0, 0.1) is 0 Å². The summed E-state index contributed by atoms with van der Waals surface area (Å²) in [5, 5.41) is 9.58. The number of hydrogen-bond acceptors (Lipinski definition) is 4. The smallest absolute Gasteiger partial charge is 0.308 e. The van der Waals surface area contributed by atoms with Gasteiger partial charge >= 0.3 is 5.97 Å². The Morgan fingerprint density at radius 2 is 2.22 bits per heavy atom.